The fourth-order valence-electron chi connectivity index (χ4n) is 1.75. The van der Waals surface area contributed by atoms with Crippen LogP contribution in [0, 0.1) is 0 Å². The Morgan fingerprint density at radius 2 is 1.40 bits per heavy atom. The van der Waals surface area contributed by atoms with Crippen molar-refractivity contribution in [2.75, 3.05) is 20.3 Å². The first-order chi connectivity index (χ1) is 9.85. The van der Waals surface area contributed by atoms with Gasteiger partial charge in [-0.3, -0.25) is 4.79 Å². The third-order valence-corrected chi connectivity index (χ3v) is 2.71. The number of ether oxygens (including phenoxy) is 3. The van der Waals surface area contributed by atoms with Gasteiger partial charge in [0, 0.05) is 0 Å². The molecule has 0 saturated carbocycles. The fraction of sp³-hybridized carbons (Fsp3) is 0.188. The van der Waals surface area contributed by atoms with Gasteiger partial charge in [-0.25, -0.2) is 0 Å². The van der Waals surface area contributed by atoms with E-state index in [1.165, 1.54) is 0 Å². The van der Waals surface area contributed by atoms with E-state index >= 15 is 0 Å². The summed E-state index contributed by atoms with van der Waals surface area (Å²) in [5.74, 6) is 1.91. The lowest BCUT2D eigenvalue weighted by Gasteiger charge is -2.11. The largest absolute Gasteiger partial charge is 0.493 e. The summed E-state index contributed by atoms with van der Waals surface area (Å²) in [4.78, 5) is 10.8. The van der Waals surface area contributed by atoms with E-state index in [0.717, 1.165) is 6.29 Å². The zero-order valence-electron chi connectivity index (χ0n) is 11.2. The minimum absolute atomic E-state index is 0.350. The van der Waals surface area contributed by atoms with Crippen LogP contribution in [0.15, 0.2) is 48.5 Å². The summed E-state index contributed by atoms with van der Waals surface area (Å²) in [6, 6.07) is 14.5. The molecular formula is C16H16O4. The van der Waals surface area contributed by atoms with Gasteiger partial charge in [-0.15, -0.1) is 0 Å². The second-order valence-electron chi connectivity index (χ2n) is 4.00. The Balaban J connectivity index is 1.86. The summed E-state index contributed by atoms with van der Waals surface area (Å²) >= 11 is 0. The van der Waals surface area contributed by atoms with Gasteiger partial charge in [0.15, 0.2) is 17.8 Å². The van der Waals surface area contributed by atoms with Gasteiger partial charge in [-0.1, -0.05) is 24.3 Å². The van der Waals surface area contributed by atoms with Crippen LogP contribution in [0.25, 0.3) is 0 Å². The zero-order valence-corrected chi connectivity index (χ0v) is 11.2. The van der Waals surface area contributed by atoms with E-state index in [9.17, 15) is 4.79 Å². The Bertz CT molecular complexity index is 566. The minimum atomic E-state index is 0.350. The molecule has 0 aromatic heterocycles. The summed E-state index contributed by atoms with van der Waals surface area (Å²) < 4.78 is 16.3. The summed E-state index contributed by atoms with van der Waals surface area (Å²) in [6.45, 7) is 0.719. The van der Waals surface area contributed by atoms with Gasteiger partial charge in [0.2, 0.25) is 0 Å². The van der Waals surface area contributed by atoms with Crippen LogP contribution in [0.1, 0.15) is 10.4 Å². The minimum Gasteiger partial charge on any atom is -0.493 e. The highest BCUT2D eigenvalue weighted by atomic mass is 16.5. The summed E-state index contributed by atoms with van der Waals surface area (Å²) in [6.07, 6.45) is 0.774. The van der Waals surface area contributed by atoms with Crippen LogP contribution < -0.4 is 14.2 Å². The molecule has 0 spiro atoms. The molecule has 2 rings (SSSR count). The molecule has 20 heavy (non-hydrogen) atoms. The van der Waals surface area contributed by atoms with Crippen molar-refractivity contribution in [3.05, 3.63) is 54.1 Å². The maximum absolute atomic E-state index is 10.8. The van der Waals surface area contributed by atoms with Crippen LogP contribution in [0.5, 0.6) is 17.2 Å². The Labute approximate surface area is 117 Å². The average Bonchev–Trinajstić information content (AvgIpc) is 2.52. The van der Waals surface area contributed by atoms with E-state index in [-0.39, 0.29) is 0 Å². The second-order valence-corrected chi connectivity index (χ2v) is 4.00. The van der Waals surface area contributed by atoms with Gasteiger partial charge >= 0.3 is 0 Å². The lowest BCUT2D eigenvalue weighted by Crippen LogP contribution is -2.10. The zero-order chi connectivity index (χ0) is 14.2. The van der Waals surface area contributed by atoms with Crippen LogP contribution in [0.3, 0.4) is 0 Å². The Morgan fingerprint density at radius 3 is 2.05 bits per heavy atom. The molecule has 4 heteroatoms. The lowest BCUT2D eigenvalue weighted by atomic mass is 10.2. The smallest absolute Gasteiger partial charge is 0.161 e. The number of carbonyl (C=O) groups excluding carboxylic acids is 1. The van der Waals surface area contributed by atoms with Crippen molar-refractivity contribution in [2.45, 2.75) is 0 Å². The summed E-state index contributed by atoms with van der Waals surface area (Å²) in [5, 5.41) is 0. The van der Waals surface area contributed by atoms with E-state index in [4.69, 9.17) is 14.2 Å². The molecule has 0 unspecified atom stereocenters. The first-order valence-electron chi connectivity index (χ1n) is 6.28. The van der Waals surface area contributed by atoms with Crippen molar-refractivity contribution >= 4 is 6.29 Å². The molecule has 0 aliphatic carbocycles. The molecule has 0 atom stereocenters. The molecular weight excluding hydrogens is 256 g/mol. The summed E-state index contributed by atoms with van der Waals surface area (Å²) in [5.41, 5.74) is 0.532. The lowest BCUT2D eigenvalue weighted by molar-refractivity contribution is 0.111. The highest BCUT2D eigenvalue weighted by Crippen LogP contribution is 2.25. The molecule has 2 aromatic rings. The van der Waals surface area contributed by atoms with Crippen LogP contribution in [-0.2, 0) is 0 Å². The third-order valence-electron chi connectivity index (χ3n) is 2.71. The van der Waals surface area contributed by atoms with E-state index < -0.39 is 0 Å². The van der Waals surface area contributed by atoms with Crippen molar-refractivity contribution < 1.29 is 19.0 Å². The number of rotatable bonds is 7. The molecule has 0 heterocycles. The monoisotopic (exact) mass is 272 g/mol. The first kappa shape index (κ1) is 13.9. The maximum Gasteiger partial charge on any atom is 0.161 e. The van der Waals surface area contributed by atoms with Crippen LogP contribution in [0.2, 0.25) is 0 Å². The van der Waals surface area contributed by atoms with Crippen molar-refractivity contribution in [3.63, 3.8) is 0 Å². The highest BCUT2D eigenvalue weighted by molar-refractivity contribution is 5.79. The van der Waals surface area contributed by atoms with Crippen LogP contribution in [-0.4, -0.2) is 26.6 Å². The molecule has 0 saturated heterocycles. The number of aldehydes is 1. The molecule has 104 valence electrons. The van der Waals surface area contributed by atoms with Crippen molar-refractivity contribution in [1.82, 2.24) is 0 Å². The van der Waals surface area contributed by atoms with Crippen LogP contribution >= 0.6 is 0 Å². The van der Waals surface area contributed by atoms with Crippen molar-refractivity contribution in [1.29, 1.82) is 0 Å². The Hall–Kier alpha value is -2.49. The Morgan fingerprint density at radius 1 is 0.850 bits per heavy atom. The Kier molecular flexibility index (Phi) is 5.00. The predicted octanol–water partition coefficient (Wildman–Crippen LogP) is 2.97. The number of para-hydroxylation sites is 3. The molecule has 0 fully saturated rings. The van der Waals surface area contributed by atoms with Gasteiger partial charge in [-0.05, 0) is 24.3 Å². The normalized spacial score (nSPS) is 9.85. The number of carbonyl (C=O) groups is 1. The molecule has 2 aromatic carbocycles. The maximum atomic E-state index is 10.8. The highest BCUT2D eigenvalue weighted by Gasteiger charge is 2.04. The fourth-order valence-corrected chi connectivity index (χ4v) is 1.75. The SMILES string of the molecule is COc1ccccc1OCCOc1ccccc1C=O. The average molecular weight is 272 g/mol. The quantitative estimate of drug-likeness (QED) is 0.574. The molecule has 0 N–H and O–H groups in total. The molecule has 0 radical (unpaired) electrons. The van der Waals surface area contributed by atoms with Gasteiger partial charge in [0.05, 0.1) is 12.7 Å². The molecule has 0 amide bonds. The molecule has 0 bridgehead atoms. The van der Waals surface area contributed by atoms with E-state index in [0.29, 0.717) is 36.0 Å². The van der Waals surface area contributed by atoms with Crippen molar-refractivity contribution in [2.24, 2.45) is 0 Å². The first-order valence-corrected chi connectivity index (χ1v) is 6.28. The van der Waals surface area contributed by atoms with Gasteiger partial charge in [0.1, 0.15) is 19.0 Å². The molecule has 0 aliphatic heterocycles. The standard InChI is InChI=1S/C16H16O4/c1-18-15-8-4-5-9-16(15)20-11-10-19-14-7-3-2-6-13(14)12-17/h2-9,12H,10-11H2,1H3. The van der Waals surface area contributed by atoms with E-state index in [1.807, 2.05) is 30.3 Å². The second kappa shape index (κ2) is 7.19. The molecule has 0 aliphatic rings. The van der Waals surface area contributed by atoms with E-state index in [1.54, 1.807) is 25.3 Å². The number of hydrogen-bond acceptors (Lipinski definition) is 4. The van der Waals surface area contributed by atoms with Crippen LogP contribution in [0.4, 0.5) is 0 Å². The molecule has 4 nitrogen and oxygen atoms in total. The van der Waals surface area contributed by atoms with Gasteiger partial charge in [-0.2, -0.15) is 0 Å². The number of hydrogen-bond donors (Lipinski definition) is 0. The van der Waals surface area contributed by atoms with E-state index in [2.05, 4.69) is 0 Å². The predicted molar refractivity (Wildman–Crippen MR) is 75.8 cm³/mol. The van der Waals surface area contributed by atoms with Gasteiger partial charge < -0.3 is 14.2 Å². The third kappa shape index (κ3) is 3.51. The number of benzene rings is 2. The summed E-state index contributed by atoms with van der Waals surface area (Å²) in [7, 11) is 1.60. The topological polar surface area (TPSA) is 44.8 Å². The van der Waals surface area contributed by atoms with Gasteiger partial charge in [0.25, 0.3) is 0 Å². The van der Waals surface area contributed by atoms with Crippen molar-refractivity contribution in [3.8, 4) is 17.2 Å². The number of methoxy groups -OCH3 is 1.